The molecule has 0 fully saturated rings. The smallest absolute Gasteiger partial charge is 0.276 e. The Balaban J connectivity index is 2.34. The second-order valence-corrected chi connectivity index (χ2v) is 5.19. The number of aromatic nitrogens is 2. The Morgan fingerprint density at radius 2 is 2.11 bits per heavy atom. The highest BCUT2D eigenvalue weighted by molar-refractivity contribution is 9.10. The molecule has 1 heterocycles. The summed E-state index contributed by atoms with van der Waals surface area (Å²) in [6.45, 7) is 3.70. The topological polar surface area (TPSA) is 72.9 Å². The van der Waals surface area contributed by atoms with Gasteiger partial charge in [-0.1, -0.05) is 22.0 Å². The van der Waals surface area contributed by atoms with Crippen LogP contribution in [-0.2, 0) is 7.05 Å². The second kappa shape index (κ2) is 5.05. The molecule has 0 saturated heterocycles. The van der Waals surface area contributed by atoms with Gasteiger partial charge >= 0.3 is 0 Å². The summed E-state index contributed by atoms with van der Waals surface area (Å²) in [5, 5.41) is 6.99. The van der Waals surface area contributed by atoms with Crippen LogP contribution in [0.1, 0.15) is 21.7 Å². The van der Waals surface area contributed by atoms with Crippen LogP contribution in [0.25, 0.3) is 0 Å². The number of carbonyl (C=O) groups is 1. The fourth-order valence-corrected chi connectivity index (χ4v) is 2.23. The van der Waals surface area contributed by atoms with E-state index in [1.807, 2.05) is 25.1 Å². The number of nitrogen functional groups attached to an aromatic ring is 1. The lowest BCUT2D eigenvalue weighted by molar-refractivity contribution is 0.101. The highest BCUT2D eigenvalue weighted by Crippen LogP contribution is 2.25. The van der Waals surface area contributed by atoms with E-state index in [1.165, 1.54) is 4.68 Å². The van der Waals surface area contributed by atoms with E-state index in [4.69, 9.17) is 5.73 Å². The summed E-state index contributed by atoms with van der Waals surface area (Å²) in [4.78, 5) is 12.3. The number of benzene rings is 1. The number of anilines is 2. The minimum atomic E-state index is -0.262. The molecule has 1 aromatic carbocycles. The molecule has 2 rings (SSSR count). The monoisotopic (exact) mass is 322 g/mol. The number of carbonyl (C=O) groups excluding carboxylic acids is 1. The molecule has 0 spiro atoms. The Labute approximate surface area is 119 Å². The Morgan fingerprint density at radius 3 is 2.68 bits per heavy atom. The van der Waals surface area contributed by atoms with Gasteiger partial charge in [-0.3, -0.25) is 9.48 Å². The number of hydrogen-bond acceptors (Lipinski definition) is 3. The average Bonchev–Trinajstić information content (AvgIpc) is 2.59. The summed E-state index contributed by atoms with van der Waals surface area (Å²) in [7, 11) is 1.70. The lowest BCUT2D eigenvalue weighted by Gasteiger charge is -2.10. The van der Waals surface area contributed by atoms with Crippen molar-refractivity contribution >= 4 is 33.2 Å². The van der Waals surface area contributed by atoms with Crippen molar-refractivity contribution < 1.29 is 4.79 Å². The number of nitrogens with one attached hydrogen (secondary N) is 1. The maximum absolute atomic E-state index is 12.3. The highest BCUT2D eigenvalue weighted by atomic mass is 79.9. The predicted octanol–water partition coefficient (Wildman–Crippen LogP) is 2.63. The van der Waals surface area contributed by atoms with Gasteiger partial charge < -0.3 is 11.1 Å². The molecule has 0 radical (unpaired) electrons. The molecule has 0 unspecified atom stereocenters. The average molecular weight is 323 g/mol. The third-order valence-corrected chi connectivity index (χ3v) is 3.86. The van der Waals surface area contributed by atoms with Crippen LogP contribution in [0.3, 0.4) is 0 Å². The summed E-state index contributed by atoms with van der Waals surface area (Å²) in [5.74, 6) is -0.262. The Morgan fingerprint density at radius 1 is 1.42 bits per heavy atom. The number of aryl methyl sites for hydroxylation is 2. The van der Waals surface area contributed by atoms with Gasteiger partial charge in [0.2, 0.25) is 0 Å². The van der Waals surface area contributed by atoms with Gasteiger partial charge in [-0.25, -0.2) is 0 Å². The molecule has 0 bridgehead atoms. The van der Waals surface area contributed by atoms with E-state index >= 15 is 0 Å². The summed E-state index contributed by atoms with van der Waals surface area (Å²) >= 11 is 3.43. The molecule has 100 valence electrons. The van der Waals surface area contributed by atoms with Crippen LogP contribution >= 0.6 is 15.9 Å². The van der Waals surface area contributed by atoms with E-state index < -0.39 is 0 Å². The van der Waals surface area contributed by atoms with Crippen LogP contribution in [0, 0.1) is 13.8 Å². The summed E-state index contributed by atoms with van der Waals surface area (Å²) < 4.78 is 2.44. The summed E-state index contributed by atoms with van der Waals surface area (Å²) in [6, 6.07) is 5.63. The van der Waals surface area contributed by atoms with E-state index in [-0.39, 0.29) is 5.91 Å². The largest absolute Gasteiger partial charge is 0.395 e. The molecule has 1 amide bonds. The molecular weight excluding hydrogens is 308 g/mol. The van der Waals surface area contributed by atoms with Crippen molar-refractivity contribution in [2.45, 2.75) is 13.8 Å². The zero-order chi connectivity index (χ0) is 14.2. The minimum Gasteiger partial charge on any atom is -0.395 e. The molecule has 19 heavy (non-hydrogen) atoms. The maximum atomic E-state index is 12.3. The van der Waals surface area contributed by atoms with E-state index in [2.05, 4.69) is 26.3 Å². The van der Waals surface area contributed by atoms with Gasteiger partial charge in [-0.2, -0.15) is 5.10 Å². The summed E-state index contributed by atoms with van der Waals surface area (Å²) in [5.41, 5.74) is 9.02. The van der Waals surface area contributed by atoms with Crippen molar-refractivity contribution in [3.05, 3.63) is 39.6 Å². The second-order valence-electron chi connectivity index (χ2n) is 4.34. The fraction of sp³-hybridized carbons (Fsp3) is 0.231. The van der Waals surface area contributed by atoms with Gasteiger partial charge in [0.25, 0.3) is 5.91 Å². The van der Waals surface area contributed by atoms with Crippen molar-refractivity contribution in [1.82, 2.24) is 9.78 Å². The highest BCUT2D eigenvalue weighted by Gasteiger charge is 2.18. The van der Waals surface area contributed by atoms with Gasteiger partial charge in [0.05, 0.1) is 11.4 Å². The van der Waals surface area contributed by atoms with E-state index in [0.29, 0.717) is 17.1 Å². The Bertz CT molecular complexity index is 648. The molecule has 6 heteroatoms. The van der Waals surface area contributed by atoms with Crippen LogP contribution in [0.5, 0.6) is 0 Å². The zero-order valence-corrected chi connectivity index (χ0v) is 12.6. The number of amides is 1. The van der Waals surface area contributed by atoms with Crippen LogP contribution in [-0.4, -0.2) is 15.7 Å². The molecule has 0 aliphatic rings. The van der Waals surface area contributed by atoms with E-state index in [0.717, 1.165) is 15.7 Å². The molecular formula is C13H15BrN4O. The lowest BCUT2D eigenvalue weighted by Crippen LogP contribution is -2.18. The molecule has 3 N–H and O–H groups in total. The lowest BCUT2D eigenvalue weighted by atomic mass is 10.2. The van der Waals surface area contributed by atoms with Crippen LogP contribution < -0.4 is 11.1 Å². The predicted molar refractivity (Wildman–Crippen MR) is 79.2 cm³/mol. The number of nitrogens with two attached hydrogens (primary N) is 1. The standard InChI is InChI=1S/C13H15BrN4O/c1-7-9(14)5-4-6-10(7)16-13(19)12-11(15)8(2)17-18(12)3/h4-6H,15H2,1-3H3,(H,16,19). The number of rotatable bonds is 2. The zero-order valence-electron chi connectivity index (χ0n) is 11.0. The molecule has 0 aliphatic heterocycles. The van der Waals surface area contributed by atoms with E-state index in [1.54, 1.807) is 14.0 Å². The SMILES string of the molecule is Cc1nn(C)c(C(=O)Nc2cccc(Br)c2C)c1N. The van der Waals surface area contributed by atoms with E-state index in [9.17, 15) is 4.79 Å². The van der Waals surface area contributed by atoms with Crippen LogP contribution in [0.4, 0.5) is 11.4 Å². The quantitative estimate of drug-likeness (QED) is 0.892. The minimum absolute atomic E-state index is 0.262. The summed E-state index contributed by atoms with van der Waals surface area (Å²) in [6.07, 6.45) is 0. The van der Waals surface area contributed by atoms with Crippen molar-refractivity contribution in [2.24, 2.45) is 7.05 Å². The number of halogens is 1. The van der Waals surface area contributed by atoms with Gasteiger partial charge in [0.15, 0.2) is 0 Å². The molecule has 0 atom stereocenters. The Kier molecular flexibility index (Phi) is 3.61. The van der Waals surface area contributed by atoms with Crippen molar-refractivity contribution in [3.8, 4) is 0 Å². The first kappa shape index (κ1) is 13.6. The van der Waals surface area contributed by atoms with Crippen LogP contribution in [0.15, 0.2) is 22.7 Å². The molecule has 0 aliphatic carbocycles. The Hall–Kier alpha value is -1.82. The first-order valence-electron chi connectivity index (χ1n) is 5.77. The molecule has 0 saturated carbocycles. The molecule has 2 aromatic rings. The first-order chi connectivity index (χ1) is 8.91. The van der Waals surface area contributed by atoms with Crippen molar-refractivity contribution in [2.75, 3.05) is 11.1 Å². The molecule has 1 aromatic heterocycles. The van der Waals surface area contributed by atoms with Gasteiger partial charge in [0, 0.05) is 17.2 Å². The number of nitrogens with zero attached hydrogens (tertiary/aromatic N) is 2. The normalized spacial score (nSPS) is 10.5. The number of hydrogen-bond donors (Lipinski definition) is 2. The van der Waals surface area contributed by atoms with Crippen LogP contribution in [0.2, 0.25) is 0 Å². The van der Waals surface area contributed by atoms with Gasteiger partial charge in [0.1, 0.15) is 5.69 Å². The third kappa shape index (κ3) is 2.49. The molecule has 5 nitrogen and oxygen atoms in total. The first-order valence-corrected chi connectivity index (χ1v) is 6.56. The maximum Gasteiger partial charge on any atom is 0.276 e. The third-order valence-electron chi connectivity index (χ3n) is 3.00. The fourth-order valence-electron chi connectivity index (χ4n) is 1.87. The van der Waals surface area contributed by atoms with Gasteiger partial charge in [-0.05, 0) is 31.5 Å². The van der Waals surface area contributed by atoms with Crippen molar-refractivity contribution in [3.63, 3.8) is 0 Å². The van der Waals surface area contributed by atoms with Crippen molar-refractivity contribution in [1.29, 1.82) is 0 Å². The van der Waals surface area contributed by atoms with Gasteiger partial charge in [-0.15, -0.1) is 0 Å².